The summed E-state index contributed by atoms with van der Waals surface area (Å²) in [5.41, 5.74) is 1.15. The van der Waals surface area contributed by atoms with Gasteiger partial charge in [-0.1, -0.05) is 0 Å². The summed E-state index contributed by atoms with van der Waals surface area (Å²) in [6, 6.07) is 2.43. The topological polar surface area (TPSA) is 73.8 Å². The van der Waals surface area contributed by atoms with E-state index < -0.39 is 0 Å². The van der Waals surface area contributed by atoms with Gasteiger partial charge in [-0.05, 0) is 25.5 Å². The van der Waals surface area contributed by atoms with Gasteiger partial charge in [0.2, 0.25) is 11.9 Å². The number of likely N-dealkylation sites (tertiary alicyclic amines) is 1. The molecule has 2 aromatic rings. The summed E-state index contributed by atoms with van der Waals surface area (Å²) in [6.07, 6.45) is 8.09. The second kappa shape index (κ2) is 9.53. The fourth-order valence-electron chi connectivity index (χ4n) is 4.05. The minimum Gasteiger partial charge on any atom is -0.378 e. The third kappa shape index (κ3) is 4.96. The van der Waals surface area contributed by atoms with Crippen LogP contribution in [0, 0.1) is 0 Å². The molecule has 0 aliphatic carbocycles. The first-order chi connectivity index (χ1) is 14.6. The Bertz CT molecular complexity index is 809. The Balaban J connectivity index is 1.39. The van der Waals surface area contributed by atoms with Crippen molar-refractivity contribution in [3.63, 3.8) is 0 Å². The molecule has 1 unspecified atom stereocenters. The molecule has 1 atom stereocenters. The van der Waals surface area contributed by atoms with Gasteiger partial charge in [-0.25, -0.2) is 15.0 Å². The molecule has 0 radical (unpaired) electrons. The molecular weight excluding hydrogens is 380 g/mol. The van der Waals surface area contributed by atoms with E-state index in [1.807, 2.05) is 43.7 Å². The van der Waals surface area contributed by atoms with E-state index in [-0.39, 0.29) is 0 Å². The van der Waals surface area contributed by atoms with Gasteiger partial charge in [0.1, 0.15) is 5.82 Å². The van der Waals surface area contributed by atoms with Crippen molar-refractivity contribution in [2.24, 2.45) is 0 Å². The number of morpholine rings is 1. The monoisotopic (exact) mass is 412 g/mol. The van der Waals surface area contributed by atoms with E-state index >= 15 is 0 Å². The van der Waals surface area contributed by atoms with Gasteiger partial charge in [-0.3, -0.25) is 4.90 Å². The Kier molecular flexibility index (Phi) is 6.59. The average Bonchev–Trinajstić information content (AvgIpc) is 2.80. The van der Waals surface area contributed by atoms with Crippen molar-refractivity contribution < 1.29 is 4.74 Å². The highest BCUT2D eigenvalue weighted by Gasteiger charge is 2.25. The van der Waals surface area contributed by atoms with Crippen molar-refractivity contribution in [1.29, 1.82) is 0 Å². The minimum atomic E-state index is 0.424. The van der Waals surface area contributed by atoms with Crippen LogP contribution in [0.15, 0.2) is 24.7 Å². The molecule has 0 N–H and O–H groups in total. The summed E-state index contributed by atoms with van der Waals surface area (Å²) in [5.74, 6) is 2.53. The van der Waals surface area contributed by atoms with Crippen LogP contribution < -0.4 is 14.7 Å². The first kappa shape index (κ1) is 20.7. The zero-order valence-corrected chi connectivity index (χ0v) is 18.2. The normalized spacial score (nSPS) is 20.2. The molecule has 2 aliphatic heterocycles. The molecule has 0 bridgehead atoms. The highest BCUT2D eigenvalue weighted by molar-refractivity contribution is 5.44. The number of hydrogen-bond acceptors (Lipinski definition) is 9. The SMILES string of the molecule is CN(C)c1ncc(CN2CCCC(N(C)c3ccnc(N4CCOCC4)n3)C2)cn1. The van der Waals surface area contributed by atoms with E-state index in [1.54, 1.807) is 0 Å². The lowest BCUT2D eigenvalue weighted by molar-refractivity contribution is 0.122. The molecular formula is C21H32N8O. The third-order valence-corrected chi connectivity index (χ3v) is 5.81. The molecule has 4 heterocycles. The Morgan fingerprint density at radius 2 is 1.83 bits per heavy atom. The summed E-state index contributed by atoms with van der Waals surface area (Å²) in [5, 5.41) is 0. The minimum absolute atomic E-state index is 0.424. The van der Waals surface area contributed by atoms with Crippen LogP contribution in [0.4, 0.5) is 17.7 Å². The lowest BCUT2D eigenvalue weighted by atomic mass is 10.0. The molecule has 0 saturated carbocycles. The lowest BCUT2D eigenvalue weighted by Gasteiger charge is -2.38. The quantitative estimate of drug-likeness (QED) is 0.697. The second-order valence-electron chi connectivity index (χ2n) is 8.24. The van der Waals surface area contributed by atoms with Crippen LogP contribution in [0.5, 0.6) is 0 Å². The zero-order valence-electron chi connectivity index (χ0n) is 18.2. The highest BCUT2D eigenvalue weighted by atomic mass is 16.5. The highest BCUT2D eigenvalue weighted by Crippen LogP contribution is 2.22. The van der Waals surface area contributed by atoms with Crippen LogP contribution in [0.2, 0.25) is 0 Å². The number of ether oxygens (including phenoxy) is 1. The maximum Gasteiger partial charge on any atom is 0.227 e. The first-order valence-corrected chi connectivity index (χ1v) is 10.7. The number of anilines is 3. The molecule has 30 heavy (non-hydrogen) atoms. The fraction of sp³-hybridized carbons (Fsp3) is 0.619. The van der Waals surface area contributed by atoms with Crippen molar-refractivity contribution in [3.8, 4) is 0 Å². The molecule has 2 aromatic heterocycles. The molecule has 0 spiro atoms. The smallest absolute Gasteiger partial charge is 0.227 e. The van der Waals surface area contributed by atoms with Crippen LogP contribution in [0.3, 0.4) is 0 Å². The summed E-state index contributed by atoms with van der Waals surface area (Å²) in [6.45, 7) is 6.14. The van der Waals surface area contributed by atoms with Gasteiger partial charge < -0.3 is 19.4 Å². The third-order valence-electron chi connectivity index (χ3n) is 5.81. The maximum atomic E-state index is 5.45. The van der Waals surface area contributed by atoms with Crippen LogP contribution >= 0.6 is 0 Å². The molecule has 0 amide bonds. The summed E-state index contributed by atoms with van der Waals surface area (Å²) < 4.78 is 5.45. The standard InChI is InChI=1S/C21H32N8O/c1-26(2)20-23-13-17(14-24-20)15-28-8-4-5-18(16-28)27(3)19-6-7-22-21(25-19)29-9-11-30-12-10-29/h6-7,13-14,18H,4-5,8-12,15-16H2,1-3H3. The first-order valence-electron chi connectivity index (χ1n) is 10.7. The van der Waals surface area contributed by atoms with Gasteiger partial charge >= 0.3 is 0 Å². The summed E-state index contributed by atoms with van der Waals surface area (Å²) in [4.78, 5) is 27.1. The zero-order chi connectivity index (χ0) is 20.9. The largest absolute Gasteiger partial charge is 0.378 e. The van der Waals surface area contributed by atoms with Gasteiger partial charge in [-0.15, -0.1) is 0 Å². The Morgan fingerprint density at radius 1 is 1.07 bits per heavy atom. The van der Waals surface area contributed by atoms with E-state index in [2.05, 4.69) is 36.7 Å². The van der Waals surface area contributed by atoms with Crippen molar-refractivity contribution in [2.45, 2.75) is 25.4 Å². The van der Waals surface area contributed by atoms with E-state index in [0.717, 1.165) is 69.2 Å². The van der Waals surface area contributed by atoms with Gasteiger partial charge in [-0.2, -0.15) is 4.98 Å². The van der Waals surface area contributed by atoms with Crippen LogP contribution in [-0.2, 0) is 11.3 Å². The second-order valence-corrected chi connectivity index (χ2v) is 8.24. The number of aromatic nitrogens is 4. The van der Waals surface area contributed by atoms with Crippen LogP contribution in [0.25, 0.3) is 0 Å². The Morgan fingerprint density at radius 3 is 2.57 bits per heavy atom. The molecule has 9 nitrogen and oxygen atoms in total. The average molecular weight is 413 g/mol. The molecule has 2 aliphatic rings. The molecule has 0 aromatic carbocycles. The molecule has 2 saturated heterocycles. The van der Waals surface area contributed by atoms with Crippen molar-refractivity contribution >= 4 is 17.7 Å². The predicted molar refractivity (Wildman–Crippen MR) is 118 cm³/mol. The van der Waals surface area contributed by atoms with Crippen LogP contribution in [0.1, 0.15) is 18.4 Å². The maximum absolute atomic E-state index is 5.45. The number of hydrogen-bond donors (Lipinski definition) is 0. The molecule has 2 fully saturated rings. The summed E-state index contributed by atoms with van der Waals surface area (Å²) in [7, 11) is 6.06. The fourth-order valence-corrected chi connectivity index (χ4v) is 4.05. The van der Waals surface area contributed by atoms with E-state index in [4.69, 9.17) is 9.72 Å². The van der Waals surface area contributed by atoms with E-state index in [1.165, 1.54) is 12.8 Å². The Hall–Kier alpha value is -2.52. The lowest BCUT2D eigenvalue weighted by Crippen LogP contribution is -2.46. The van der Waals surface area contributed by atoms with E-state index in [0.29, 0.717) is 6.04 Å². The number of likely N-dealkylation sites (N-methyl/N-ethyl adjacent to an activating group) is 1. The van der Waals surface area contributed by atoms with Crippen molar-refractivity contribution in [3.05, 3.63) is 30.2 Å². The molecule has 9 heteroatoms. The van der Waals surface area contributed by atoms with Crippen LogP contribution in [-0.4, -0.2) is 91.4 Å². The molecule has 162 valence electrons. The van der Waals surface area contributed by atoms with Gasteiger partial charge in [0.25, 0.3) is 0 Å². The van der Waals surface area contributed by atoms with Crippen molar-refractivity contribution in [2.75, 3.05) is 75.2 Å². The van der Waals surface area contributed by atoms with Gasteiger partial charge in [0.15, 0.2) is 0 Å². The number of piperidine rings is 1. The Labute approximate surface area is 178 Å². The van der Waals surface area contributed by atoms with E-state index in [9.17, 15) is 0 Å². The predicted octanol–water partition coefficient (Wildman–Crippen LogP) is 1.27. The number of nitrogens with zero attached hydrogens (tertiary/aromatic N) is 8. The van der Waals surface area contributed by atoms with Gasteiger partial charge in [0.05, 0.1) is 13.2 Å². The molecule has 4 rings (SSSR count). The van der Waals surface area contributed by atoms with Gasteiger partial charge in [0, 0.05) is 77.5 Å². The number of rotatable bonds is 6. The van der Waals surface area contributed by atoms with Crippen molar-refractivity contribution in [1.82, 2.24) is 24.8 Å². The summed E-state index contributed by atoms with van der Waals surface area (Å²) >= 11 is 0.